The van der Waals surface area contributed by atoms with E-state index in [-0.39, 0.29) is 17.9 Å². The molecule has 1 aliphatic rings. The molecule has 3 nitrogen and oxygen atoms in total. The normalized spacial score (nSPS) is 17.9. The zero-order valence-electron chi connectivity index (χ0n) is 10.2. The summed E-state index contributed by atoms with van der Waals surface area (Å²) in [5.41, 5.74) is 5.90. The van der Waals surface area contributed by atoms with Crippen LogP contribution in [0.15, 0.2) is 0 Å². The van der Waals surface area contributed by atoms with E-state index in [0.717, 1.165) is 25.4 Å². The molecule has 15 heavy (non-hydrogen) atoms. The van der Waals surface area contributed by atoms with Crippen molar-refractivity contribution in [3.05, 3.63) is 0 Å². The zero-order valence-corrected chi connectivity index (χ0v) is 10.2. The molecule has 1 amide bonds. The second-order valence-electron chi connectivity index (χ2n) is 5.00. The Labute approximate surface area is 93.0 Å². The maximum Gasteiger partial charge on any atom is 0.239 e. The first-order valence-electron chi connectivity index (χ1n) is 6.10. The van der Waals surface area contributed by atoms with E-state index in [9.17, 15) is 4.79 Å². The highest BCUT2D eigenvalue weighted by Gasteiger charge is 2.29. The lowest BCUT2D eigenvalue weighted by atomic mass is 10.0. The molecule has 0 aromatic rings. The molecule has 1 aliphatic carbocycles. The Morgan fingerprint density at radius 3 is 2.47 bits per heavy atom. The summed E-state index contributed by atoms with van der Waals surface area (Å²) in [6.07, 6.45) is 3.58. The monoisotopic (exact) mass is 212 g/mol. The highest BCUT2D eigenvalue weighted by Crippen LogP contribution is 2.30. The van der Waals surface area contributed by atoms with E-state index < -0.39 is 0 Å². The first kappa shape index (κ1) is 12.5. The lowest BCUT2D eigenvalue weighted by molar-refractivity contribution is -0.133. The van der Waals surface area contributed by atoms with E-state index >= 15 is 0 Å². The summed E-state index contributed by atoms with van der Waals surface area (Å²) >= 11 is 0. The first-order valence-corrected chi connectivity index (χ1v) is 6.10. The van der Waals surface area contributed by atoms with Gasteiger partial charge in [0.1, 0.15) is 0 Å². The molecule has 0 saturated heterocycles. The largest absolute Gasteiger partial charge is 0.341 e. The summed E-state index contributed by atoms with van der Waals surface area (Å²) in [6, 6.07) is -0.324. The summed E-state index contributed by atoms with van der Waals surface area (Å²) in [6.45, 7) is 7.89. The van der Waals surface area contributed by atoms with Gasteiger partial charge in [-0.25, -0.2) is 0 Å². The molecule has 0 bridgehead atoms. The van der Waals surface area contributed by atoms with E-state index in [1.807, 2.05) is 18.7 Å². The lowest BCUT2D eigenvalue weighted by Crippen LogP contribution is -2.47. The number of nitrogens with two attached hydrogens (primary N) is 1. The van der Waals surface area contributed by atoms with Crippen molar-refractivity contribution in [3.63, 3.8) is 0 Å². The number of carbonyl (C=O) groups excluding carboxylic acids is 1. The number of nitrogens with zero attached hydrogens (tertiary/aromatic N) is 1. The minimum absolute atomic E-state index is 0.138. The minimum Gasteiger partial charge on any atom is -0.341 e. The predicted molar refractivity (Wildman–Crippen MR) is 62.4 cm³/mol. The van der Waals surface area contributed by atoms with Crippen molar-refractivity contribution in [3.8, 4) is 0 Å². The third-order valence-corrected chi connectivity index (χ3v) is 2.98. The van der Waals surface area contributed by atoms with Gasteiger partial charge >= 0.3 is 0 Å². The molecule has 88 valence electrons. The maximum absolute atomic E-state index is 12.0. The molecule has 0 aromatic carbocycles. The van der Waals surface area contributed by atoms with E-state index in [2.05, 4.69) is 6.92 Å². The van der Waals surface area contributed by atoms with Crippen LogP contribution >= 0.6 is 0 Å². The van der Waals surface area contributed by atoms with Gasteiger partial charge in [0.15, 0.2) is 0 Å². The Balaban J connectivity index is 2.48. The number of carbonyl (C=O) groups is 1. The van der Waals surface area contributed by atoms with Gasteiger partial charge in [0.25, 0.3) is 0 Å². The number of hydrogen-bond donors (Lipinski definition) is 1. The van der Waals surface area contributed by atoms with Gasteiger partial charge < -0.3 is 10.6 Å². The van der Waals surface area contributed by atoms with Crippen molar-refractivity contribution in [2.75, 3.05) is 13.1 Å². The molecule has 0 spiro atoms. The number of hydrogen-bond acceptors (Lipinski definition) is 2. The number of amides is 1. The second-order valence-corrected chi connectivity index (χ2v) is 5.00. The van der Waals surface area contributed by atoms with Gasteiger partial charge in [0.05, 0.1) is 6.04 Å². The molecule has 1 rings (SSSR count). The van der Waals surface area contributed by atoms with Crippen molar-refractivity contribution in [1.29, 1.82) is 0 Å². The summed E-state index contributed by atoms with van der Waals surface area (Å²) in [5.74, 6) is 1.12. The molecule has 3 heteroatoms. The fourth-order valence-corrected chi connectivity index (χ4v) is 1.67. The molecule has 1 saturated carbocycles. The zero-order chi connectivity index (χ0) is 11.4. The van der Waals surface area contributed by atoms with Crippen LogP contribution in [0.2, 0.25) is 0 Å². The second kappa shape index (κ2) is 5.50. The highest BCUT2D eigenvalue weighted by molar-refractivity contribution is 5.81. The Morgan fingerprint density at radius 2 is 2.07 bits per heavy atom. The van der Waals surface area contributed by atoms with Gasteiger partial charge in [-0.05, 0) is 31.1 Å². The third kappa shape index (κ3) is 3.82. The summed E-state index contributed by atoms with van der Waals surface area (Å²) in [7, 11) is 0. The van der Waals surface area contributed by atoms with Gasteiger partial charge in [-0.2, -0.15) is 0 Å². The van der Waals surface area contributed by atoms with Crippen LogP contribution in [-0.4, -0.2) is 29.9 Å². The predicted octanol–water partition coefficient (Wildman–Crippen LogP) is 1.62. The Bertz CT molecular complexity index is 212. The third-order valence-electron chi connectivity index (χ3n) is 2.98. The Kier molecular flexibility index (Phi) is 4.58. The van der Waals surface area contributed by atoms with Crippen LogP contribution in [-0.2, 0) is 4.79 Å². The smallest absolute Gasteiger partial charge is 0.239 e. The fraction of sp³-hybridized carbons (Fsp3) is 0.917. The lowest BCUT2D eigenvalue weighted by Gasteiger charge is -2.27. The number of rotatable bonds is 6. The highest BCUT2D eigenvalue weighted by atomic mass is 16.2. The quantitative estimate of drug-likeness (QED) is 0.727. The molecule has 1 fully saturated rings. The van der Waals surface area contributed by atoms with E-state index in [1.165, 1.54) is 12.8 Å². The van der Waals surface area contributed by atoms with Crippen LogP contribution in [0.5, 0.6) is 0 Å². The van der Waals surface area contributed by atoms with Gasteiger partial charge in [-0.3, -0.25) is 4.79 Å². The van der Waals surface area contributed by atoms with E-state index in [1.54, 1.807) is 0 Å². The van der Waals surface area contributed by atoms with Crippen LogP contribution < -0.4 is 5.73 Å². The van der Waals surface area contributed by atoms with Crippen LogP contribution in [0, 0.1) is 11.8 Å². The van der Waals surface area contributed by atoms with Crippen LogP contribution in [0.1, 0.15) is 40.0 Å². The molecule has 0 aliphatic heterocycles. The standard InChI is InChI=1S/C12H24N2O/c1-4-7-14(8-10-5-6-10)12(15)11(13)9(2)3/h9-11H,4-8,13H2,1-3H3/t11-/m0/s1. The molecule has 0 unspecified atom stereocenters. The van der Waals surface area contributed by atoms with Crippen molar-refractivity contribution in [2.24, 2.45) is 17.6 Å². The molecular weight excluding hydrogens is 188 g/mol. The van der Waals surface area contributed by atoms with Crippen molar-refractivity contribution in [1.82, 2.24) is 4.90 Å². The minimum atomic E-state index is -0.324. The van der Waals surface area contributed by atoms with Crippen LogP contribution in [0.3, 0.4) is 0 Å². The average Bonchev–Trinajstić information content (AvgIpc) is 2.98. The van der Waals surface area contributed by atoms with Crippen molar-refractivity contribution < 1.29 is 4.79 Å². The van der Waals surface area contributed by atoms with E-state index in [4.69, 9.17) is 5.73 Å². The van der Waals surface area contributed by atoms with Gasteiger partial charge in [0, 0.05) is 13.1 Å². The van der Waals surface area contributed by atoms with Crippen molar-refractivity contribution in [2.45, 2.75) is 46.1 Å². The van der Waals surface area contributed by atoms with Crippen molar-refractivity contribution >= 4 is 5.91 Å². The van der Waals surface area contributed by atoms with Crippen LogP contribution in [0.25, 0.3) is 0 Å². The Morgan fingerprint density at radius 1 is 1.47 bits per heavy atom. The molecule has 2 N–H and O–H groups in total. The molecule has 0 aromatic heterocycles. The molecule has 0 heterocycles. The SMILES string of the molecule is CCCN(CC1CC1)C(=O)[C@@H](N)C(C)C. The summed E-state index contributed by atoms with van der Waals surface area (Å²) in [4.78, 5) is 14.0. The Hall–Kier alpha value is -0.570. The van der Waals surface area contributed by atoms with Gasteiger partial charge in [0.2, 0.25) is 5.91 Å². The maximum atomic E-state index is 12.0. The molecule has 1 atom stereocenters. The first-order chi connectivity index (χ1) is 7.06. The molecule has 0 radical (unpaired) electrons. The van der Waals surface area contributed by atoms with Gasteiger partial charge in [-0.15, -0.1) is 0 Å². The van der Waals surface area contributed by atoms with Crippen LogP contribution in [0.4, 0.5) is 0 Å². The topological polar surface area (TPSA) is 46.3 Å². The van der Waals surface area contributed by atoms with E-state index in [0.29, 0.717) is 0 Å². The van der Waals surface area contributed by atoms with Gasteiger partial charge in [-0.1, -0.05) is 20.8 Å². The summed E-state index contributed by atoms with van der Waals surface area (Å²) in [5, 5.41) is 0. The fourth-order valence-electron chi connectivity index (χ4n) is 1.67. The summed E-state index contributed by atoms with van der Waals surface area (Å²) < 4.78 is 0. The molecular formula is C12H24N2O. The average molecular weight is 212 g/mol.